The number of carbonyl (C=O) groups excluding carboxylic acids is 1. The highest BCUT2D eigenvalue weighted by atomic mass is 79.9. The third kappa shape index (κ3) is 3.61. The van der Waals surface area contributed by atoms with Gasteiger partial charge in [-0.1, -0.05) is 46.3 Å². The van der Waals surface area contributed by atoms with Gasteiger partial charge in [-0.3, -0.25) is 4.79 Å². The third-order valence-corrected chi connectivity index (χ3v) is 3.66. The van der Waals surface area contributed by atoms with Crippen molar-refractivity contribution in [3.8, 4) is 0 Å². The smallest absolute Gasteiger partial charge is 0.255 e. The molecule has 0 fully saturated rings. The lowest BCUT2D eigenvalue weighted by Crippen LogP contribution is -2.29. The first kappa shape index (κ1) is 14.6. The number of halogens is 1. The van der Waals surface area contributed by atoms with Crippen molar-refractivity contribution in [2.75, 3.05) is 19.3 Å². The molecule has 1 amide bonds. The van der Waals surface area contributed by atoms with Gasteiger partial charge in [0.2, 0.25) is 0 Å². The van der Waals surface area contributed by atoms with Crippen LogP contribution >= 0.6 is 15.9 Å². The Bertz CT molecular complexity index is 599. The molecular formula is C16H17BrN2O. The average Bonchev–Trinajstić information content (AvgIpc) is 2.47. The summed E-state index contributed by atoms with van der Waals surface area (Å²) in [5.41, 5.74) is 8.13. The minimum Gasteiger partial charge on any atom is -0.398 e. The Balaban J connectivity index is 2.03. The van der Waals surface area contributed by atoms with Gasteiger partial charge in [-0.2, -0.15) is 0 Å². The van der Waals surface area contributed by atoms with Crippen LogP contribution in [-0.2, 0) is 6.42 Å². The Morgan fingerprint density at radius 3 is 2.60 bits per heavy atom. The molecule has 0 saturated heterocycles. The summed E-state index contributed by atoms with van der Waals surface area (Å²) in [6.45, 7) is 0.662. The number of anilines is 1. The molecule has 0 heterocycles. The van der Waals surface area contributed by atoms with Gasteiger partial charge in [0.25, 0.3) is 5.91 Å². The molecule has 2 aromatic rings. The van der Waals surface area contributed by atoms with Crippen molar-refractivity contribution in [2.45, 2.75) is 6.42 Å². The van der Waals surface area contributed by atoms with E-state index in [1.54, 1.807) is 24.1 Å². The number of amides is 1. The molecule has 2 aromatic carbocycles. The van der Waals surface area contributed by atoms with E-state index in [1.165, 1.54) is 5.56 Å². The third-order valence-electron chi connectivity index (χ3n) is 3.17. The van der Waals surface area contributed by atoms with Gasteiger partial charge in [0, 0.05) is 23.8 Å². The fourth-order valence-corrected chi connectivity index (χ4v) is 2.32. The van der Waals surface area contributed by atoms with Crippen LogP contribution in [0.25, 0.3) is 0 Å². The average molecular weight is 333 g/mol. The van der Waals surface area contributed by atoms with Crippen LogP contribution in [0.3, 0.4) is 0 Å². The van der Waals surface area contributed by atoms with Crippen LogP contribution in [-0.4, -0.2) is 24.4 Å². The predicted molar refractivity (Wildman–Crippen MR) is 85.7 cm³/mol. The predicted octanol–water partition coefficient (Wildman–Crippen LogP) is 3.35. The van der Waals surface area contributed by atoms with E-state index in [2.05, 4.69) is 28.1 Å². The van der Waals surface area contributed by atoms with Gasteiger partial charge in [0.1, 0.15) is 0 Å². The molecule has 0 saturated carbocycles. The van der Waals surface area contributed by atoms with Crippen molar-refractivity contribution in [1.82, 2.24) is 4.90 Å². The van der Waals surface area contributed by atoms with Gasteiger partial charge in [0.15, 0.2) is 0 Å². The Morgan fingerprint density at radius 2 is 1.90 bits per heavy atom. The van der Waals surface area contributed by atoms with Gasteiger partial charge in [0.05, 0.1) is 5.56 Å². The molecule has 4 heteroatoms. The molecule has 0 aliphatic rings. The lowest BCUT2D eigenvalue weighted by molar-refractivity contribution is 0.0797. The number of hydrogen-bond acceptors (Lipinski definition) is 2. The van der Waals surface area contributed by atoms with Crippen LogP contribution < -0.4 is 5.73 Å². The molecule has 0 atom stereocenters. The van der Waals surface area contributed by atoms with Crippen molar-refractivity contribution in [1.29, 1.82) is 0 Å². The molecule has 2 rings (SSSR count). The minimum atomic E-state index is -0.0558. The second-order valence-electron chi connectivity index (χ2n) is 4.69. The summed E-state index contributed by atoms with van der Waals surface area (Å²) in [4.78, 5) is 14.1. The normalized spacial score (nSPS) is 10.3. The number of likely N-dealkylation sites (N-methyl/N-ethyl adjacent to an activating group) is 1. The first-order chi connectivity index (χ1) is 9.58. The van der Waals surface area contributed by atoms with Crippen molar-refractivity contribution in [3.63, 3.8) is 0 Å². The van der Waals surface area contributed by atoms with Gasteiger partial charge in [-0.05, 0) is 30.2 Å². The van der Waals surface area contributed by atoms with Crippen LogP contribution in [0.1, 0.15) is 15.9 Å². The van der Waals surface area contributed by atoms with Crippen LogP contribution in [0.4, 0.5) is 5.69 Å². The zero-order valence-corrected chi connectivity index (χ0v) is 12.9. The topological polar surface area (TPSA) is 46.3 Å². The van der Waals surface area contributed by atoms with Gasteiger partial charge in [-0.25, -0.2) is 0 Å². The number of hydrogen-bond donors (Lipinski definition) is 1. The Morgan fingerprint density at radius 1 is 1.20 bits per heavy atom. The maximum Gasteiger partial charge on any atom is 0.255 e. The molecule has 0 radical (unpaired) electrons. The lowest BCUT2D eigenvalue weighted by Gasteiger charge is -2.18. The molecule has 20 heavy (non-hydrogen) atoms. The van der Waals surface area contributed by atoms with Crippen molar-refractivity contribution < 1.29 is 4.79 Å². The molecule has 0 aromatic heterocycles. The Hall–Kier alpha value is -1.81. The van der Waals surface area contributed by atoms with Crippen LogP contribution in [0.15, 0.2) is 53.0 Å². The SMILES string of the molecule is CN(CCc1ccccc1)C(=O)c1cc(Br)ccc1N. The van der Waals surface area contributed by atoms with Crippen molar-refractivity contribution in [2.24, 2.45) is 0 Å². The van der Waals surface area contributed by atoms with E-state index >= 15 is 0 Å². The minimum absolute atomic E-state index is 0.0558. The monoisotopic (exact) mass is 332 g/mol. The van der Waals surface area contributed by atoms with E-state index in [1.807, 2.05) is 24.3 Å². The molecule has 0 aliphatic heterocycles. The maximum atomic E-state index is 12.4. The van der Waals surface area contributed by atoms with E-state index in [0.29, 0.717) is 17.8 Å². The fraction of sp³-hybridized carbons (Fsp3) is 0.188. The summed E-state index contributed by atoms with van der Waals surface area (Å²) in [5, 5.41) is 0. The van der Waals surface area contributed by atoms with E-state index < -0.39 is 0 Å². The summed E-state index contributed by atoms with van der Waals surface area (Å²) in [6, 6.07) is 15.4. The van der Waals surface area contributed by atoms with Crippen LogP contribution in [0.5, 0.6) is 0 Å². The molecule has 0 spiro atoms. The number of nitrogens with two attached hydrogens (primary N) is 1. The summed E-state index contributed by atoms with van der Waals surface area (Å²) < 4.78 is 0.853. The standard InChI is InChI=1S/C16H17BrN2O/c1-19(10-9-12-5-3-2-4-6-12)16(20)14-11-13(17)7-8-15(14)18/h2-8,11H,9-10,18H2,1H3. The quantitative estimate of drug-likeness (QED) is 0.873. The molecule has 0 bridgehead atoms. The second kappa shape index (κ2) is 6.57. The zero-order valence-electron chi connectivity index (χ0n) is 11.3. The Labute approximate surface area is 127 Å². The molecule has 104 valence electrons. The first-order valence-electron chi connectivity index (χ1n) is 6.42. The summed E-state index contributed by atoms with van der Waals surface area (Å²) in [6.07, 6.45) is 0.830. The van der Waals surface area contributed by atoms with Crippen LogP contribution in [0, 0.1) is 0 Å². The highest BCUT2D eigenvalue weighted by Gasteiger charge is 2.14. The summed E-state index contributed by atoms with van der Waals surface area (Å²) >= 11 is 3.36. The van der Waals surface area contributed by atoms with Crippen molar-refractivity contribution >= 4 is 27.5 Å². The highest BCUT2D eigenvalue weighted by Crippen LogP contribution is 2.19. The lowest BCUT2D eigenvalue weighted by atomic mass is 10.1. The fourth-order valence-electron chi connectivity index (χ4n) is 1.96. The number of nitrogens with zero attached hydrogens (tertiary/aromatic N) is 1. The molecule has 0 unspecified atom stereocenters. The Kier molecular flexibility index (Phi) is 4.79. The van der Waals surface area contributed by atoms with E-state index in [4.69, 9.17) is 5.73 Å². The number of rotatable bonds is 4. The molecule has 2 N–H and O–H groups in total. The highest BCUT2D eigenvalue weighted by molar-refractivity contribution is 9.10. The van der Waals surface area contributed by atoms with Gasteiger partial charge < -0.3 is 10.6 Å². The number of carbonyl (C=O) groups is 1. The largest absolute Gasteiger partial charge is 0.398 e. The van der Waals surface area contributed by atoms with Gasteiger partial charge >= 0.3 is 0 Å². The number of benzene rings is 2. The van der Waals surface area contributed by atoms with Crippen molar-refractivity contribution in [3.05, 3.63) is 64.1 Å². The summed E-state index contributed by atoms with van der Waals surface area (Å²) in [7, 11) is 1.80. The summed E-state index contributed by atoms with van der Waals surface area (Å²) in [5.74, 6) is -0.0558. The first-order valence-corrected chi connectivity index (χ1v) is 7.21. The van der Waals surface area contributed by atoms with Crippen LogP contribution in [0.2, 0.25) is 0 Å². The van der Waals surface area contributed by atoms with Gasteiger partial charge in [-0.15, -0.1) is 0 Å². The van der Waals surface area contributed by atoms with E-state index in [-0.39, 0.29) is 5.91 Å². The van der Waals surface area contributed by atoms with E-state index in [0.717, 1.165) is 10.9 Å². The van der Waals surface area contributed by atoms with E-state index in [9.17, 15) is 4.79 Å². The molecule has 0 aliphatic carbocycles. The molecule has 3 nitrogen and oxygen atoms in total. The second-order valence-corrected chi connectivity index (χ2v) is 5.61. The number of nitrogen functional groups attached to an aromatic ring is 1. The maximum absolute atomic E-state index is 12.4. The zero-order chi connectivity index (χ0) is 14.5. The molecular weight excluding hydrogens is 316 g/mol.